The van der Waals surface area contributed by atoms with Gasteiger partial charge in [-0.2, -0.15) is 0 Å². The number of hydrogen-bond donors (Lipinski definition) is 0. The van der Waals surface area contributed by atoms with Crippen molar-refractivity contribution in [3.8, 4) is 146 Å². The smallest absolute Gasteiger partial charge is 0.160 e. The molecule has 0 bridgehead atoms. The molecule has 2 spiro atoms. The molecule has 106 heavy (non-hydrogen) atoms. The van der Waals surface area contributed by atoms with Crippen LogP contribution in [0.15, 0.2) is 364 Å². The van der Waals surface area contributed by atoms with E-state index >= 15 is 0 Å². The highest BCUT2D eigenvalue weighted by molar-refractivity contribution is 6.00. The third-order valence-electron chi connectivity index (χ3n) is 22.9. The average Bonchev–Trinajstić information content (AvgIpc) is 1.52. The first-order chi connectivity index (χ1) is 52.5. The second-order valence-corrected chi connectivity index (χ2v) is 28.3. The molecule has 0 saturated carbocycles. The molecule has 0 unspecified atom stereocenters. The minimum atomic E-state index is -0.514. The van der Waals surface area contributed by atoms with Crippen LogP contribution in [-0.2, 0) is 10.8 Å². The van der Waals surface area contributed by atoms with Gasteiger partial charge in [0.2, 0.25) is 0 Å². The summed E-state index contributed by atoms with van der Waals surface area (Å²) in [5, 5.41) is 2.21. The standard InChI is InChI=1S/C100H60N6/c1-7-29-83-75(21-1)76-22-2-8-30-84(76)99(83)87-33-11-5-25-79(87)81-53-51-71(57-89(81)99)97-103-91(59-93(105-97)67-47-39-63(40-48-67)73-27-13-17-69-19-15-55-101-95(69)73)65-43-35-61(36-44-65)62-37-45-66(46-38-62)92-60-94(68-49-41-64(42-50-68)74-28-14-18-70-20-16-56-102-96(70)74)106-98(104-92)72-52-54-82-80-26-6-12-34-88(80)100(90(82)58-72)85-31-9-3-23-77(85)78-24-4-10-32-86(78)100/h1-60H. The Labute approximate surface area is 613 Å². The van der Waals surface area contributed by atoms with E-state index in [1.807, 2.05) is 24.5 Å². The van der Waals surface area contributed by atoms with Crippen molar-refractivity contribution in [2.24, 2.45) is 0 Å². The van der Waals surface area contributed by atoms with Gasteiger partial charge in [0.1, 0.15) is 0 Å². The summed E-state index contributed by atoms with van der Waals surface area (Å²) in [4.78, 5) is 31.7. The van der Waals surface area contributed by atoms with Gasteiger partial charge in [0.25, 0.3) is 0 Å². The highest BCUT2D eigenvalue weighted by atomic mass is 14.9. The van der Waals surface area contributed by atoms with Gasteiger partial charge in [-0.25, -0.2) is 19.9 Å². The zero-order valence-corrected chi connectivity index (χ0v) is 57.3. The number of para-hydroxylation sites is 2. The van der Waals surface area contributed by atoms with E-state index in [1.165, 1.54) is 89.0 Å². The second kappa shape index (κ2) is 23.3. The summed E-state index contributed by atoms with van der Waals surface area (Å²) in [6.45, 7) is 0. The van der Waals surface area contributed by atoms with E-state index in [4.69, 9.17) is 29.9 Å². The molecule has 14 aromatic carbocycles. The fourth-order valence-electron chi connectivity index (χ4n) is 18.2. The lowest BCUT2D eigenvalue weighted by molar-refractivity contribution is 0.794. The van der Waals surface area contributed by atoms with Gasteiger partial charge < -0.3 is 0 Å². The van der Waals surface area contributed by atoms with E-state index in [2.05, 4.69) is 340 Å². The molecular formula is C100H60N6. The maximum atomic E-state index is 5.54. The van der Waals surface area contributed by atoms with Crippen molar-refractivity contribution < 1.29 is 0 Å². The van der Waals surface area contributed by atoms with Gasteiger partial charge in [-0.15, -0.1) is 0 Å². The summed E-state index contributed by atoms with van der Waals surface area (Å²) >= 11 is 0. The summed E-state index contributed by atoms with van der Waals surface area (Å²) in [6.07, 6.45) is 3.73. The predicted octanol–water partition coefficient (Wildman–Crippen LogP) is 24.1. The summed E-state index contributed by atoms with van der Waals surface area (Å²) in [5.74, 6) is 1.32. The van der Waals surface area contributed by atoms with Crippen LogP contribution in [0.3, 0.4) is 0 Å². The Balaban J connectivity index is 0.642. The number of rotatable bonds is 9. The largest absolute Gasteiger partial charge is 0.256 e. The van der Waals surface area contributed by atoms with Crippen molar-refractivity contribution in [1.82, 2.24) is 29.9 Å². The maximum Gasteiger partial charge on any atom is 0.160 e. The molecule has 4 aromatic heterocycles. The third kappa shape index (κ3) is 8.85. The van der Waals surface area contributed by atoms with Crippen molar-refractivity contribution >= 4 is 21.8 Å². The Bertz CT molecular complexity index is 6150. The molecular weight excluding hydrogens is 1290 g/mol. The minimum absolute atomic E-state index is 0.514. The van der Waals surface area contributed by atoms with Gasteiger partial charge in [-0.05, 0) is 148 Å². The van der Waals surface area contributed by atoms with Crippen molar-refractivity contribution in [1.29, 1.82) is 0 Å². The van der Waals surface area contributed by atoms with Crippen LogP contribution in [0, 0.1) is 0 Å². The van der Waals surface area contributed by atoms with Gasteiger partial charge in [-0.1, -0.05) is 315 Å². The summed E-state index contributed by atoms with van der Waals surface area (Å²) in [7, 11) is 0. The lowest BCUT2D eigenvalue weighted by atomic mass is 9.70. The first kappa shape index (κ1) is 59.7. The number of nitrogens with zero attached hydrogens (tertiary/aromatic N) is 6. The molecule has 0 N–H and O–H groups in total. The molecule has 0 saturated heterocycles. The molecule has 490 valence electrons. The normalized spacial score (nSPS) is 13.2. The Morgan fingerprint density at radius 1 is 0.170 bits per heavy atom. The fourth-order valence-corrected chi connectivity index (χ4v) is 18.2. The highest BCUT2D eigenvalue weighted by Gasteiger charge is 2.53. The quantitative estimate of drug-likeness (QED) is 0.143. The third-order valence-corrected chi connectivity index (χ3v) is 22.9. The molecule has 0 atom stereocenters. The number of hydrogen-bond acceptors (Lipinski definition) is 6. The molecule has 0 aliphatic heterocycles. The predicted molar refractivity (Wildman–Crippen MR) is 430 cm³/mol. The van der Waals surface area contributed by atoms with Crippen molar-refractivity contribution in [3.63, 3.8) is 0 Å². The number of aromatic nitrogens is 6. The van der Waals surface area contributed by atoms with Gasteiger partial charge in [0.15, 0.2) is 11.6 Å². The molecule has 22 rings (SSSR count). The Morgan fingerprint density at radius 3 is 0.726 bits per heavy atom. The SMILES string of the molecule is c1ccc2c(c1)-c1ccccc1C21c2ccccc2-c2ccc(-c3nc(-c4ccc(-c5ccc(-c6cc(-c7ccc(-c8cccc9cccnc89)cc7)nc(-c7ccc8c(c7)C7(c9ccccc9-c9ccccc97)c7ccccc7-8)n6)cc5)cc4)cc(-c4ccc(-c5cccc6cccnc56)cc4)n3)cc21. The lowest BCUT2D eigenvalue weighted by Gasteiger charge is -2.30. The summed E-state index contributed by atoms with van der Waals surface area (Å²) in [5.41, 5.74) is 36.9. The van der Waals surface area contributed by atoms with E-state index < -0.39 is 10.8 Å². The van der Waals surface area contributed by atoms with Crippen LogP contribution in [0.25, 0.3) is 167 Å². The Kier molecular flexibility index (Phi) is 13.1. The topological polar surface area (TPSA) is 77.3 Å². The number of pyridine rings is 2. The molecule has 4 heterocycles. The molecule has 4 aliphatic rings. The van der Waals surface area contributed by atoms with E-state index in [0.29, 0.717) is 11.6 Å². The number of fused-ring (bicyclic) bond motifs is 22. The van der Waals surface area contributed by atoms with Crippen LogP contribution < -0.4 is 0 Å². The van der Waals surface area contributed by atoms with Gasteiger partial charge in [-0.3, -0.25) is 9.97 Å². The summed E-state index contributed by atoms with van der Waals surface area (Å²) in [6, 6.07) is 128. The minimum Gasteiger partial charge on any atom is -0.256 e. The fraction of sp³-hybridized carbons (Fsp3) is 0.0200. The highest BCUT2D eigenvalue weighted by Crippen LogP contribution is 2.65. The molecule has 0 amide bonds. The zero-order chi connectivity index (χ0) is 69.6. The van der Waals surface area contributed by atoms with Gasteiger partial charge in [0.05, 0.1) is 44.6 Å². The maximum absolute atomic E-state index is 5.54. The van der Waals surface area contributed by atoms with Crippen molar-refractivity contribution in [2.75, 3.05) is 0 Å². The summed E-state index contributed by atoms with van der Waals surface area (Å²) < 4.78 is 0. The molecule has 0 radical (unpaired) electrons. The molecule has 4 aliphatic carbocycles. The van der Waals surface area contributed by atoms with Gasteiger partial charge in [0, 0.05) is 67.7 Å². The molecule has 6 nitrogen and oxygen atoms in total. The molecule has 0 fully saturated rings. The first-order valence-electron chi connectivity index (χ1n) is 36.3. The van der Waals surface area contributed by atoms with Crippen LogP contribution in [0.2, 0.25) is 0 Å². The molecule has 6 heteroatoms. The first-order valence-corrected chi connectivity index (χ1v) is 36.3. The van der Waals surface area contributed by atoms with Gasteiger partial charge >= 0.3 is 0 Å². The van der Waals surface area contributed by atoms with Crippen molar-refractivity contribution in [2.45, 2.75) is 10.8 Å². The Morgan fingerprint density at radius 2 is 0.415 bits per heavy atom. The van der Waals surface area contributed by atoms with Crippen LogP contribution in [0.1, 0.15) is 44.5 Å². The second-order valence-electron chi connectivity index (χ2n) is 28.3. The van der Waals surface area contributed by atoms with Crippen LogP contribution in [0.5, 0.6) is 0 Å². The zero-order valence-electron chi connectivity index (χ0n) is 57.3. The van der Waals surface area contributed by atoms with E-state index in [1.54, 1.807) is 0 Å². The average molecular weight is 1350 g/mol. The van der Waals surface area contributed by atoms with Crippen LogP contribution in [-0.4, -0.2) is 29.9 Å². The van der Waals surface area contributed by atoms with E-state index in [9.17, 15) is 0 Å². The van der Waals surface area contributed by atoms with Crippen molar-refractivity contribution in [3.05, 3.63) is 409 Å². The number of benzene rings is 14. The van der Waals surface area contributed by atoms with Crippen LogP contribution >= 0.6 is 0 Å². The Hall–Kier alpha value is -13.9. The monoisotopic (exact) mass is 1340 g/mol. The molecule has 18 aromatic rings. The van der Waals surface area contributed by atoms with Crippen LogP contribution in [0.4, 0.5) is 0 Å². The van der Waals surface area contributed by atoms with E-state index in [-0.39, 0.29) is 0 Å². The van der Waals surface area contributed by atoms with E-state index in [0.717, 1.165) is 111 Å². The lowest BCUT2D eigenvalue weighted by Crippen LogP contribution is -2.25.